The first-order chi connectivity index (χ1) is 15.9. The Balaban J connectivity index is 1.51. The van der Waals surface area contributed by atoms with E-state index in [1.54, 1.807) is 25.1 Å². The largest absolute Gasteiger partial charge is 0.350 e. The number of aromatic nitrogens is 2. The van der Waals surface area contributed by atoms with Crippen molar-refractivity contribution < 1.29 is 13.2 Å². The van der Waals surface area contributed by atoms with Gasteiger partial charge in [0.2, 0.25) is 16.0 Å². The molecule has 10 heteroatoms. The SMILES string of the molecule is CCS(=O)(=O)Nc1ccc(CCNC(=O)c2ccnc(Nc3ccc(CCN)cc3)n2)cc1. The Kier molecular flexibility index (Phi) is 8.34. The highest BCUT2D eigenvalue weighted by molar-refractivity contribution is 7.92. The minimum Gasteiger partial charge on any atom is -0.350 e. The van der Waals surface area contributed by atoms with Gasteiger partial charge in [-0.3, -0.25) is 9.52 Å². The number of benzene rings is 2. The molecule has 0 bridgehead atoms. The Morgan fingerprint density at radius 3 is 2.21 bits per heavy atom. The van der Waals surface area contributed by atoms with Gasteiger partial charge in [-0.05, 0) is 67.8 Å². The smallest absolute Gasteiger partial charge is 0.270 e. The Labute approximate surface area is 193 Å². The van der Waals surface area contributed by atoms with Crippen molar-refractivity contribution in [3.8, 4) is 0 Å². The molecule has 0 aliphatic rings. The maximum atomic E-state index is 12.5. The topological polar surface area (TPSA) is 139 Å². The number of nitrogens with one attached hydrogen (secondary N) is 3. The summed E-state index contributed by atoms with van der Waals surface area (Å²) in [5, 5.41) is 5.94. The van der Waals surface area contributed by atoms with Crippen LogP contribution in [0.1, 0.15) is 28.5 Å². The zero-order valence-corrected chi connectivity index (χ0v) is 19.2. The van der Waals surface area contributed by atoms with Crippen LogP contribution >= 0.6 is 0 Å². The number of hydrogen-bond donors (Lipinski definition) is 4. The molecule has 3 aromatic rings. The van der Waals surface area contributed by atoms with Gasteiger partial charge in [0.1, 0.15) is 5.69 Å². The molecule has 0 spiro atoms. The van der Waals surface area contributed by atoms with E-state index in [0.29, 0.717) is 31.1 Å². The molecule has 0 aliphatic carbocycles. The predicted octanol–water partition coefficient (Wildman–Crippen LogP) is 2.46. The number of hydrogen-bond acceptors (Lipinski definition) is 7. The molecule has 1 aromatic heterocycles. The lowest BCUT2D eigenvalue weighted by atomic mass is 10.1. The Morgan fingerprint density at radius 2 is 1.58 bits per heavy atom. The van der Waals surface area contributed by atoms with Gasteiger partial charge in [-0.15, -0.1) is 0 Å². The van der Waals surface area contributed by atoms with Crippen LogP contribution in [-0.2, 0) is 22.9 Å². The summed E-state index contributed by atoms with van der Waals surface area (Å²) in [4.78, 5) is 20.9. The minimum atomic E-state index is -3.30. The maximum absolute atomic E-state index is 12.5. The van der Waals surface area contributed by atoms with Crippen LogP contribution in [0.15, 0.2) is 60.8 Å². The zero-order valence-electron chi connectivity index (χ0n) is 18.4. The predicted molar refractivity (Wildman–Crippen MR) is 130 cm³/mol. The van der Waals surface area contributed by atoms with E-state index in [1.807, 2.05) is 36.4 Å². The monoisotopic (exact) mass is 468 g/mol. The van der Waals surface area contributed by atoms with E-state index >= 15 is 0 Å². The summed E-state index contributed by atoms with van der Waals surface area (Å²) in [5.41, 5.74) is 9.28. The van der Waals surface area contributed by atoms with Gasteiger partial charge >= 0.3 is 0 Å². The first-order valence-electron chi connectivity index (χ1n) is 10.7. The fraction of sp³-hybridized carbons (Fsp3) is 0.261. The van der Waals surface area contributed by atoms with Crippen LogP contribution in [-0.4, -0.2) is 43.1 Å². The first kappa shape index (κ1) is 24.1. The average Bonchev–Trinajstić information content (AvgIpc) is 2.81. The summed E-state index contributed by atoms with van der Waals surface area (Å²) in [6, 6.07) is 16.4. The van der Waals surface area contributed by atoms with E-state index in [9.17, 15) is 13.2 Å². The molecule has 5 N–H and O–H groups in total. The highest BCUT2D eigenvalue weighted by Gasteiger charge is 2.10. The summed E-state index contributed by atoms with van der Waals surface area (Å²) in [6.45, 7) is 2.59. The van der Waals surface area contributed by atoms with Gasteiger partial charge < -0.3 is 16.4 Å². The maximum Gasteiger partial charge on any atom is 0.270 e. The van der Waals surface area contributed by atoms with Crippen molar-refractivity contribution in [1.29, 1.82) is 0 Å². The molecule has 0 fully saturated rings. The van der Waals surface area contributed by atoms with Gasteiger partial charge in [-0.1, -0.05) is 24.3 Å². The summed E-state index contributed by atoms with van der Waals surface area (Å²) >= 11 is 0. The molecule has 0 radical (unpaired) electrons. The second kappa shape index (κ2) is 11.4. The summed E-state index contributed by atoms with van der Waals surface area (Å²) < 4.78 is 25.7. The number of amides is 1. The number of carbonyl (C=O) groups excluding carboxylic acids is 1. The van der Waals surface area contributed by atoms with Crippen molar-refractivity contribution in [1.82, 2.24) is 15.3 Å². The molecule has 0 atom stereocenters. The van der Waals surface area contributed by atoms with Crippen LogP contribution in [0, 0.1) is 0 Å². The normalized spacial score (nSPS) is 11.1. The molecule has 1 amide bonds. The van der Waals surface area contributed by atoms with Crippen molar-refractivity contribution in [2.45, 2.75) is 19.8 Å². The van der Waals surface area contributed by atoms with Crippen LogP contribution in [0.4, 0.5) is 17.3 Å². The third-order valence-corrected chi connectivity index (χ3v) is 6.14. The third kappa shape index (κ3) is 7.55. The number of carbonyl (C=O) groups is 1. The van der Waals surface area contributed by atoms with E-state index < -0.39 is 10.0 Å². The van der Waals surface area contributed by atoms with Crippen molar-refractivity contribution >= 4 is 33.3 Å². The summed E-state index contributed by atoms with van der Waals surface area (Å²) in [7, 11) is -3.30. The number of rotatable bonds is 11. The van der Waals surface area contributed by atoms with E-state index in [-0.39, 0.29) is 17.4 Å². The molecular weight excluding hydrogens is 440 g/mol. The van der Waals surface area contributed by atoms with Gasteiger partial charge in [-0.2, -0.15) is 0 Å². The number of sulfonamides is 1. The molecule has 9 nitrogen and oxygen atoms in total. The van der Waals surface area contributed by atoms with Crippen molar-refractivity contribution in [2.75, 3.05) is 28.9 Å². The molecule has 33 heavy (non-hydrogen) atoms. The van der Waals surface area contributed by atoms with Gasteiger partial charge in [0, 0.05) is 24.1 Å². The Bertz CT molecular complexity index is 1170. The minimum absolute atomic E-state index is 0.0160. The van der Waals surface area contributed by atoms with E-state index in [4.69, 9.17) is 5.73 Å². The van der Waals surface area contributed by atoms with Crippen molar-refractivity contribution in [2.24, 2.45) is 5.73 Å². The molecule has 0 aliphatic heterocycles. The van der Waals surface area contributed by atoms with Crippen LogP contribution in [0.25, 0.3) is 0 Å². The van der Waals surface area contributed by atoms with E-state index in [0.717, 1.165) is 23.2 Å². The lowest BCUT2D eigenvalue weighted by Crippen LogP contribution is -2.26. The van der Waals surface area contributed by atoms with Crippen LogP contribution in [0.3, 0.4) is 0 Å². The fourth-order valence-electron chi connectivity index (χ4n) is 3.00. The molecule has 174 valence electrons. The molecule has 0 unspecified atom stereocenters. The van der Waals surface area contributed by atoms with E-state index in [2.05, 4.69) is 25.3 Å². The second-order valence-corrected chi connectivity index (χ2v) is 9.35. The van der Waals surface area contributed by atoms with Crippen LogP contribution in [0.2, 0.25) is 0 Å². The van der Waals surface area contributed by atoms with Crippen LogP contribution < -0.4 is 21.1 Å². The lowest BCUT2D eigenvalue weighted by Gasteiger charge is -2.09. The Morgan fingerprint density at radius 1 is 0.939 bits per heavy atom. The molecule has 3 rings (SSSR count). The number of anilines is 3. The van der Waals surface area contributed by atoms with Gasteiger partial charge in [0.15, 0.2) is 0 Å². The Hall–Kier alpha value is -3.50. The molecule has 0 saturated heterocycles. The highest BCUT2D eigenvalue weighted by Crippen LogP contribution is 2.15. The third-order valence-electron chi connectivity index (χ3n) is 4.84. The average molecular weight is 469 g/mol. The van der Waals surface area contributed by atoms with Crippen molar-refractivity contribution in [3.63, 3.8) is 0 Å². The van der Waals surface area contributed by atoms with Gasteiger partial charge in [-0.25, -0.2) is 18.4 Å². The molecule has 0 saturated carbocycles. The quantitative estimate of drug-likeness (QED) is 0.339. The number of nitrogens with two attached hydrogens (primary N) is 1. The standard InChI is InChI=1S/C23H28N6O3S/c1-2-33(31,32)29-20-9-5-18(6-10-20)12-15-25-22(30)21-13-16-26-23(28-21)27-19-7-3-17(4-8-19)11-14-24/h3-10,13,16,29H,2,11-12,14-15,24H2,1H3,(H,25,30)(H,26,27,28). The first-order valence-corrected chi connectivity index (χ1v) is 12.3. The summed E-state index contributed by atoms with van der Waals surface area (Å²) in [6.07, 6.45) is 2.94. The molecule has 2 aromatic carbocycles. The van der Waals surface area contributed by atoms with Crippen LogP contribution in [0.5, 0.6) is 0 Å². The second-order valence-electron chi connectivity index (χ2n) is 7.33. The summed E-state index contributed by atoms with van der Waals surface area (Å²) in [5.74, 6) is 0.0488. The van der Waals surface area contributed by atoms with Gasteiger partial charge in [0.25, 0.3) is 5.91 Å². The molecular formula is C23H28N6O3S. The number of nitrogens with zero attached hydrogens (tertiary/aromatic N) is 2. The van der Waals surface area contributed by atoms with Crippen molar-refractivity contribution in [3.05, 3.63) is 77.6 Å². The zero-order chi connectivity index (χ0) is 23.7. The highest BCUT2D eigenvalue weighted by atomic mass is 32.2. The molecule has 1 heterocycles. The van der Waals surface area contributed by atoms with E-state index in [1.165, 1.54) is 6.20 Å². The van der Waals surface area contributed by atoms with Gasteiger partial charge in [0.05, 0.1) is 5.75 Å². The fourth-order valence-corrected chi connectivity index (χ4v) is 3.64. The lowest BCUT2D eigenvalue weighted by molar-refractivity contribution is 0.0949.